The van der Waals surface area contributed by atoms with Crippen molar-refractivity contribution in [3.05, 3.63) is 126 Å². The standard InChI is InChI=1S/C53H68FN3O8/c1-52(2)38-21-15-17-23-40(38)56(5)44(52)26-12-9-13-27-45-53(3,4)39-22-16-18-24-41(39)57(45)34-20-10-14-28-46(60)55-33-19-8-6-7-11-25-42(59)47(54)36-29-31-37(32-30-36)64-51-50(63)49(62)48(61)43(35-58)65-51/h9,12-13,15-18,21-24,26-27,29-32,43,47-51,58,61-63H,6-8,10-11,14,19-20,25,28,33-35H2,1-5H3/p+1. The number of Topliss-reactive ketones (excluding diaryl/α,β-unsaturated/α-hetero) is 1. The minimum Gasteiger partial charge on any atom is -0.462 e. The number of alkyl halides is 1. The molecule has 0 spiro atoms. The van der Waals surface area contributed by atoms with Gasteiger partial charge in [-0.3, -0.25) is 9.59 Å². The molecule has 11 nitrogen and oxygen atoms in total. The van der Waals surface area contributed by atoms with Gasteiger partial charge in [-0.05, 0) is 74.9 Å². The number of aliphatic hydroxyl groups is 4. The Morgan fingerprint density at radius 1 is 0.800 bits per heavy atom. The van der Waals surface area contributed by atoms with E-state index < -0.39 is 49.3 Å². The average Bonchev–Trinajstić information content (AvgIpc) is 3.63. The molecule has 3 aliphatic rings. The van der Waals surface area contributed by atoms with E-state index in [4.69, 9.17) is 9.47 Å². The van der Waals surface area contributed by atoms with Gasteiger partial charge in [-0.25, -0.2) is 4.39 Å². The van der Waals surface area contributed by atoms with Crippen LogP contribution in [0.25, 0.3) is 0 Å². The second-order valence-corrected chi connectivity index (χ2v) is 18.6. The summed E-state index contributed by atoms with van der Waals surface area (Å²) < 4.78 is 28.2. The quantitative estimate of drug-likeness (QED) is 0.0385. The molecule has 65 heavy (non-hydrogen) atoms. The van der Waals surface area contributed by atoms with E-state index in [1.165, 1.54) is 58.2 Å². The molecule has 0 radical (unpaired) electrons. The van der Waals surface area contributed by atoms with Crippen LogP contribution in [0.3, 0.4) is 0 Å². The number of hydrogen-bond donors (Lipinski definition) is 5. The summed E-state index contributed by atoms with van der Waals surface area (Å²) in [4.78, 5) is 27.6. The molecule has 1 fully saturated rings. The van der Waals surface area contributed by atoms with Crippen molar-refractivity contribution in [2.45, 2.75) is 140 Å². The number of halogens is 1. The van der Waals surface area contributed by atoms with Gasteiger partial charge in [-0.15, -0.1) is 0 Å². The van der Waals surface area contributed by atoms with Crippen LogP contribution in [0.2, 0.25) is 0 Å². The van der Waals surface area contributed by atoms with Crippen LogP contribution in [0.1, 0.15) is 115 Å². The van der Waals surface area contributed by atoms with Crippen LogP contribution in [-0.4, -0.2) is 99.9 Å². The first kappa shape index (κ1) is 49.5. The number of para-hydroxylation sites is 2. The number of allylic oxidation sites excluding steroid dienone is 6. The van der Waals surface area contributed by atoms with E-state index in [1.54, 1.807) is 0 Å². The van der Waals surface area contributed by atoms with Gasteiger partial charge in [0.05, 0.1) is 12.0 Å². The lowest BCUT2D eigenvalue weighted by Gasteiger charge is -2.39. The Hall–Kier alpha value is -4.98. The molecule has 0 aliphatic carbocycles. The van der Waals surface area contributed by atoms with Gasteiger partial charge in [-0.1, -0.05) is 106 Å². The van der Waals surface area contributed by atoms with Crippen LogP contribution in [0.15, 0.2) is 109 Å². The summed E-state index contributed by atoms with van der Waals surface area (Å²) in [6, 6.07) is 22.9. The molecular weight excluding hydrogens is 826 g/mol. The van der Waals surface area contributed by atoms with Crippen molar-refractivity contribution in [3.63, 3.8) is 0 Å². The second-order valence-electron chi connectivity index (χ2n) is 18.6. The Kier molecular flexibility index (Phi) is 17.1. The van der Waals surface area contributed by atoms with Gasteiger partial charge < -0.3 is 40.1 Å². The Labute approximate surface area is 384 Å². The lowest BCUT2D eigenvalue weighted by atomic mass is 9.81. The van der Waals surface area contributed by atoms with E-state index in [-0.39, 0.29) is 34.5 Å². The van der Waals surface area contributed by atoms with Crippen LogP contribution in [0, 0.1) is 0 Å². The number of anilines is 1. The maximum Gasteiger partial charge on any atom is 0.229 e. The fraction of sp³-hybridized carbons (Fsp3) is 0.491. The second kappa shape index (κ2) is 22.5. The Morgan fingerprint density at radius 2 is 1.46 bits per heavy atom. The van der Waals surface area contributed by atoms with E-state index in [0.29, 0.717) is 19.4 Å². The molecule has 6 rings (SSSR count). The molecule has 3 aromatic rings. The molecule has 3 heterocycles. The maximum atomic E-state index is 15.0. The first-order valence-electron chi connectivity index (χ1n) is 23.3. The summed E-state index contributed by atoms with van der Waals surface area (Å²) in [6.07, 6.45) is 9.31. The third-order valence-electron chi connectivity index (χ3n) is 13.2. The highest BCUT2D eigenvalue weighted by Crippen LogP contribution is 2.47. The molecular formula is C53H69FN3O8+. The number of unbranched alkanes of at least 4 members (excludes halogenated alkanes) is 6. The number of carbonyl (C=O) groups excluding carboxylic acids is 2. The molecule has 1 saturated heterocycles. The van der Waals surface area contributed by atoms with Crippen molar-refractivity contribution in [2.75, 3.05) is 31.6 Å². The molecule has 0 saturated carbocycles. The monoisotopic (exact) mass is 895 g/mol. The molecule has 3 aromatic carbocycles. The third kappa shape index (κ3) is 11.7. The summed E-state index contributed by atoms with van der Waals surface area (Å²) in [7, 11) is 2.14. The fourth-order valence-corrected chi connectivity index (χ4v) is 9.37. The Balaban J connectivity index is 0.846. The molecule has 12 heteroatoms. The predicted octanol–water partition coefficient (Wildman–Crippen LogP) is 7.96. The zero-order valence-corrected chi connectivity index (χ0v) is 38.7. The van der Waals surface area contributed by atoms with Gasteiger partial charge in [0.1, 0.15) is 37.2 Å². The third-order valence-corrected chi connectivity index (χ3v) is 13.2. The van der Waals surface area contributed by atoms with Gasteiger partial charge >= 0.3 is 0 Å². The first-order valence-corrected chi connectivity index (χ1v) is 23.3. The van der Waals surface area contributed by atoms with E-state index in [0.717, 1.165) is 51.5 Å². The number of hydrogen-bond acceptors (Lipinski definition) is 9. The zero-order valence-electron chi connectivity index (χ0n) is 38.7. The van der Waals surface area contributed by atoms with E-state index in [9.17, 15) is 34.4 Å². The van der Waals surface area contributed by atoms with Crippen LogP contribution in [0.4, 0.5) is 15.8 Å². The highest BCUT2D eigenvalue weighted by Gasteiger charge is 2.45. The number of ether oxygens (including phenoxy) is 2. The van der Waals surface area contributed by atoms with E-state index in [2.05, 4.69) is 128 Å². The van der Waals surface area contributed by atoms with Gasteiger partial charge in [0.2, 0.25) is 17.9 Å². The van der Waals surface area contributed by atoms with Crippen LogP contribution in [-0.2, 0) is 25.2 Å². The van der Waals surface area contributed by atoms with Crippen LogP contribution >= 0.6 is 0 Å². The Bertz CT molecular complexity index is 2210. The van der Waals surface area contributed by atoms with Crippen molar-refractivity contribution in [2.24, 2.45) is 0 Å². The predicted molar refractivity (Wildman–Crippen MR) is 252 cm³/mol. The molecule has 3 aliphatic heterocycles. The summed E-state index contributed by atoms with van der Waals surface area (Å²) in [5, 5.41) is 42.5. The van der Waals surface area contributed by atoms with E-state index >= 15 is 0 Å². The van der Waals surface area contributed by atoms with Crippen molar-refractivity contribution in [1.82, 2.24) is 5.32 Å². The number of amides is 1. The zero-order chi connectivity index (χ0) is 46.7. The molecule has 1 amide bonds. The molecule has 6 atom stereocenters. The molecule has 0 aromatic heterocycles. The van der Waals surface area contributed by atoms with Crippen LogP contribution < -0.4 is 15.0 Å². The van der Waals surface area contributed by atoms with Crippen molar-refractivity contribution >= 4 is 28.8 Å². The number of fused-ring (bicyclic) bond motifs is 2. The molecule has 0 bridgehead atoms. The lowest BCUT2D eigenvalue weighted by Crippen LogP contribution is -2.60. The van der Waals surface area contributed by atoms with Crippen molar-refractivity contribution in [1.29, 1.82) is 0 Å². The van der Waals surface area contributed by atoms with E-state index in [1.807, 2.05) is 0 Å². The fourth-order valence-electron chi connectivity index (χ4n) is 9.37. The number of nitrogens with zero attached hydrogens (tertiary/aromatic N) is 2. The summed E-state index contributed by atoms with van der Waals surface area (Å²) in [6.45, 7) is 10.0. The summed E-state index contributed by atoms with van der Waals surface area (Å²) in [5.74, 6) is -0.249. The summed E-state index contributed by atoms with van der Waals surface area (Å²) in [5.41, 5.74) is 7.69. The number of benzene rings is 3. The van der Waals surface area contributed by atoms with Gasteiger partial charge in [0, 0.05) is 60.4 Å². The largest absolute Gasteiger partial charge is 0.462 e. The topological polar surface area (TPSA) is 152 Å². The smallest absolute Gasteiger partial charge is 0.229 e. The SMILES string of the molecule is C[N+]1=C(C=CC=CC=C2N(CCCCCC(=O)NCCCCCCCC(=O)C(F)c3ccc(OC4OC(CO)C(O)C(O)C4O)cc3)c3ccccc3C2(C)C)C(C)(C)c2ccccc21. The highest BCUT2D eigenvalue weighted by molar-refractivity contribution is 6.03. The summed E-state index contributed by atoms with van der Waals surface area (Å²) >= 11 is 0. The van der Waals surface area contributed by atoms with Crippen molar-refractivity contribution in [3.8, 4) is 5.75 Å². The number of aliphatic hydroxyl groups excluding tert-OH is 4. The number of carbonyl (C=O) groups is 2. The number of nitrogens with one attached hydrogen (secondary N) is 1. The molecule has 6 unspecified atom stereocenters. The number of ketones is 1. The average molecular weight is 895 g/mol. The van der Waals surface area contributed by atoms with Gasteiger partial charge in [-0.2, -0.15) is 4.58 Å². The highest BCUT2D eigenvalue weighted by atomic mass is 19.1. The molecule has 350 valence electrons. The maximum absolute atomic E-state index is 15.0. The minimum atomic E-state index is -1.79. The first-order chi connectivity index (χ1) is 31.2. The minimum absolute atomic E-state index is 0.0646. The Morgan fingerprint density at radius 3 is 2.20 bits per heavy atom. The van der Waals surface area contributed by atoms with Gasteiger partial charge in [0.25, 0.3) is 0 Å². The van der Waals surface area contributed by atoms with Crippen molar-refractivity contribution < 1.29 is 48.5 Å². The lowest BCUT2D eigenvalue weighted by molar-refractivity contribution is -0.401. The van der Waals surface area contributed by atoms with Gasteiger partial charge in [0.15, 0.2) is 17.7 Å². The number of rotatable bonds is 22. The normalized spacial score (nSPS) is 23.3. The molecule has 5 N–H and O–H groups in total. The van der Waals surface area contributed by atoms with Crippen LogP contribution in [0.5, 0.6) is 5.75 Å².